The van der Waals surface area contributed by atoms with Crippen molar-refractivity contribution in [3.05, 3.63) is 58.9 Å². The highest BCUT2D eigenvalue weighted by Gasteiger charge is 2.02. The van der Waals surface area contributed by atoms with E-state index >= 15 is 0 Å². The first-order valence-corrected chi connectivity index (χ1v) is 6.70. The summed E-state index contributed by atoms with van der Waals surface area (Å²) in [5, 5.41) is 8.17. The SMILES string of the molecule is Cc1c(Cl)cccc1NC(=S)N/N=C/c1cccnc1. The Labute approximate surface area is 127 Å². The molecular weight excluding hydrogens is 292 g/mol. The van der Waals surface area contributed by atoms with Gasteiger partial charge in [0.2, 0.25) is 0 Å². The zero-order valence-corrected chi connectivity index (χ0v) is 12.4. The number of halogens is 1. The van der Waals surface area contributed by atoms with Crippen molar-refractivity contribution in [3.8, 4) is 0 Å². The molecule has 20 heavy (non-hydrogen) atoms. The molecule has 0 aliphatic heterocycles. The van der Waals surface area contributed by atoms with Crippen molar-refractivity contribution in [1.82, 2.24) is 10.4 Å². The fourth-order valence-electron chi connectivity index (χ4n) is 1.51. The predicted octanol–water partition coefficient (Wildman–Crippen LogP) is 3.36. The average Bonchev–Trinajstić information content (AvgIpc) is 2.45. The normalized spacial score (nSPS) is 10.5. The van der Waals surface area contributed by atoms with Crippen LogP contribution in [0.25, 0.3) is 0 Å². The molecule has 0 aliphatic rings. The van der Waals surface area contributed by atoms with Gasteiger partial charge in [-0.2, -0.15) is 5.10 Å². The molecule has 0 atom stereocenters. The van der Waals surface area contributed by atoms with Crippen molar-refractivity contribution in [1.29, 1.82) is 0 Å². The number of hydrogen-bond acceptors (Lipinski definition) is 3. The van der Waals surface area contributed by atoms with E-state index in [1.54, 1.807) is 18.6 Å². The molecular formula is C14H13ClN4S. The van der Waals surface area contributed by atoms with Crippen LogP contribution in [0.2, 0.25) is 5.02 Å². The Bertz CT molecular complexity index is 628. The lowest BCUT2D eigenvalue weighted by atomic mass is 10.2. The van der Waals surface area contributed by atoms with Gasteiger partial charge in [-0.3, -0.25) is 10.4 Å². The number of benzene rings is 1. The molecule has 0 amide bonds. The summed E-state index contributed by atoms with van der Waals surface area (Å²) in [5.41, 5.74) is 5.43. The smallest absolute Gasteiger partial charge is 0.191 e. The third kappa shape index (κ3) is 4.01. The van der Waals surface area contributed by atoms with Gasteiger partial charge in [-0.15, -0.1) is 0 Å². The fraction of sp³-hybridized carbons (Fsp3) is 0.0714. The van der Waals surface area contributed by atoms with E-state index in [9.17, 15) is 0 Å². The van der Waals surface area contributed by atoms with Crippen LogP contribution in [0.5, 0.6) is 0 Å². The molecule has 2 aromatic rings. The second-order valence-electron chi connectivity index (χ2n) is 4.02. The lowest BCUT2D eigenvalue weighted by Crippen LogP contribution is -2.24. The van der Waals surface area contributed by atoms with E-state index in [0.29, 0.717) is 10.1 Å². The number of pyridine rings is 1. The highest BCUT2D eigenvalue weighted by Crippen LogP contribution is 2.22. The van der Waals surface area contributed by atoms with E-state index in [4.69, 9.17) is 23.8 Å². The fourth-order valence-corrected chi connectivity index (χ4v) is 1.85. The molecule has 2 N–H and O–H groups in total. The minimum absolute atomic E-state index is 0.399. The Morgan fingerprint density at radius 3 is 2.95 bits per heavy atom. The summed E-state index contributed by atoms with van der Waals surface area (Å²) in [5.74, 6) is 0. The second-order valence-corrected chi connectivity index (χ2v) is 4.84. The van der Waals surface area contributed by atoms with Crippen LogP contribution < -0.4 is 10.7 Å². The number of hydrazone groups is 1. The van der Waals surface area contributed by atoms with Gasteiger partial charge >= 0.3 is 0 Å². The van der Waals surface area contributed by atoms with Gasteiger partial charge in [0.1, 0.15) is 0 Å². The first kappa shape index (κ1) is 14.4. The predicted molar refractivity (Wildman–Crippen MR) is 87.4 cm³/mol. The van der Waals surface area contributed by atoms with Crippen molar-refractivity contribution >= 4 is 40.8 Å². The zero-order chi connectivity index (χ0) is 14.4. The summed E-state index contributed by atoms with van der Waals surface area (Å²) in [6.07, 6.45) is 5.06. The molecule has 0 bridgehead atoms. The molecule has 0 spiro atoms. The Kier molecular flexibility index (Phi) is 5.03. The van der Waals surface area contributed by atoms with E-state index in [1.165, 1.54) is 0 Å². The molecule has 0 saturated carbocycles. The first-order valence-electron chi connectivity index (χ1n) is 5.92. The third-order valence-electron chi connectivity index (χ3n) is 2.58. The number of hydrogen-bond donors (Lipinski definition) is 2. The van der Waals surface area contributed by atoms with Gasteiger partial charge in [0.25, 0.3) is 0 Å². The molecule has 1 aromatic carbocycles. The molecule has 102 valence electrons. The summed E-state index contributed by atoms with van der Waals surface area (Å²) >= 11 is 11.2. The van der Waals surface area contributed by atoms with E-state index in [0.717, 1.165) is 16.8 Å². The number of anilines is 1. The van der Waals surface area contributed by atoms with Crippen LogP contribution in [0, 0.1) is 6.92 Å². The molecule has 1 aromatic heterocycles. The minimum atomic E-state index is 0.399. The van der Waals surface area contributed by atoms with E-state index in [-0.39, 0.29) is 0 Å². The quantitative estimate of drug-likeness (QED) is 0.518. The van der Waals surface area contributed by atoms with Gasteiger partial charge < -0.3 is 5.32 Å². The summed E-state index contributed by atoms with van der Waals surface area (Å²) in [6, 6.07) is 9.33. The van der Waals surface area contributed by atoms with Crippen molar-refractivity contribution < 1.29 is 0 Å². The van der Waals surface area contributed by atoms with Crippen LogP contribution in [-0.2, 0) is 0 Å². The summed E-state index contributed by atoms with van der Waals surface area (Å²) in [4.78, 5) is 3.99. The lowest BCUT2D eigenvalue weighted by molar-refractivity contribution is 1.05. The Morgan fingerprint density at radius 1 is 1.35 bits per heavy atom. The standard InChI is InChI=1S/C14H13ClN4S/c1-10-12(15)5-2-6-13(10)18-14(20)19-17-9-11-4-3-7-16-8-11/h2-9H,1H3,(H2,18,19,20)/b17-9+. The number of nitrogens with zero attached hydrogens (tertiary/aromatic N) is 2. The second kappa shape index (κ2) is 6.98. The van der Waals surface area contributed by atoms with Gasteiger partial charge in [-0.05, 0) is 42.9 Å². The van der Waals surface area contributed by atoms with Crippen LogP contribution in [0.3, 0.4) is 0 Å². The van der Waals surface area contributed by atoms with Crippen molar-refractivity contribution in [2.75, 3.05) is 5.32 Å². The number of aromatic nitrogens is 1. The highest BCUT2D eigenvalue weighted by atomic mass is 35.5. The molecule has 2 rings (SSSR count). The Morgan fingerprint density at radius 2 is 2.20 bits per heavy atom. The van der Waals surface area contributed by atoms with E-state index in [2.05, 4.69) is 20.8 Å². The maximum Gasteiger partial charge on any atom is 0.191 e. The van der Waals surface area contributed by atoms with Crippen LogP contribution in [0.15, 0.2) is 47.8 Å². The van der Waals surface area contributed by atoms with Gasteiger partial charge in [0.05, 0.1) is 6.21 Å². The Balaban J connectivity index is 1.93. The van der Waals surface area contributed by atoms with Crippen LogP contribution in [-0.4, -0.2) is 16.3 Å². The molecule has 1 heterocycles. The summed E-state index contributed by atoms with van der Waals surface area (Å²) in [7, 11) is 0. The van der Waals surface area contributed by atoms with Crippen LogP contribution in [0.1, 0.15) is 11.1 Å². The number of thiocarbonyl (C=S) groups is 1. The molecule has 0 fully saturated rings. The first-order chi connectivity index (χ1) is 9.66. The van der Waals surface area contributed by atoms with E-state index in [1.807, 2.05) is 37.3 Å². The van der Waals surface area contributed by atoms with Crippen LogP contribution in [0.4, 0.5) is 5.69 Å². The largest absolute Gasteiger partial charge is 0.331 e. The third-order valence-corrected chi connectivity index (χ3v) is 3.18. The Hall–Kier alpha value is -1.98. The molecule has 0 unspecified atom stereocenters. The summed E-state index contributed by atoms with van der Waals surface area (Å²) in [6.45, 7) is 1.92. The highest BCUT2D eigenvalue weighted by molar-refractivity contribution is 7.80. The molecule has 0 radical (unpaired) electrons. The average molecular weight is 305 g/mol. The van der Waals surface area contributed by atoms with Gasteiger partial charge in [-0.25, -0.2) is 0 Å². The van der Waals surface area contributed by atoms with Crippen molar-refractivity contribution in [2.45, 2.75) is 6.92 Å². The maximum atomic E-state index is 6.04. The summed E-state index contributed by atoms with van der Waals surface area (Å²) < 4.78 is 0. The van der Waals surface area contributed by atoms with Gasteiger partial charge in [0, 0.05) is 28.7 Å². The van der Waals surface area contributed by atoms with Gasteiger partial charge in [0.15, 0.2) is 5.11 Å². The maximum absolute atomic E-state index is 6.04. The molecule has 0 aliphatic carbocycles. The number of nitrogens with one attached hydrogen (secondary N) is 2. The molecule has 0 saturated heterocycles. The van der Waals surface area contributed by atoms with E-state index < -0.39 is 0 Å². The lowest BCUT2D eigenvalue weighted by Gasteiger charge is -2.10. The molecule has 6 heteroatoms. The number of rotatable bonds is 3. The van der Waals surface area contributed by atoms with Gasteiger partial charge in [-0.1, -0.05) is 23.7 Å². The molecule has 4 nitrogen and oxygen atoms in total. The minimum Gasteiger partial charge on any atom is -0.331 e. The van der Waals surface area contributed by atoms with Crippen molar-refractivity contribution in [3.63, 3.8) is 0 Å². The van der Waals surface area contributed by atoms with Crippen molar-refractivity contribution in [2.24, 2.45) is 5.10 Å². The topological polar surface area (TPSA) is 49.3 Å². The monoisotopic (exact) mass is 304 g/mol. The van der Waals surface area contributed by atoms with Crippen LogP contribution >= 0.6 is 23.8 Å². The zero-order valence-electron chi connectivity index (χ0n) is 10.8.